The number of carbonyl (C=O) groups excluding carboxylic acids is 1. The Kier molecular flexibility index (Phi) is 5.17. The average molecular weight is 360 g/mol. The molecule has 1 aliphatic heterocycles. The fourth-order valence-corrected chi connectivity index (χ4v) is 2.83. The molecule has 0 aliphatic carbocycles. The Morgan fingerprint density at radius 1 is 1.38 bits per heavy atom. The van der Waals surface area contributed by atoms with Crippen LogP contribution in [0.5, 0.6) is 5.75 Å². The van der Waals surface area contributed by atoms with Gasteiger partial charge in [0.15, 0.2) is 11.5 Å². The van der Waals surface area contributed by atoms with Crippen LogP contribution in [0.3, 0.4) is 0 Å². The maximum absolute atomic E-state index is 11.9. The molecule has 2 aromatic rings. The third-order valence-corrected chi connectivity index (χ3v) is 4.32. The zero-order chi connectivity index (χ0) is 18.7. The molecule has 1 aromatic heterocycles. The van der Waals surface area contributed by atoms with Crippen molar-refractivity contribution in [3.63, 3.8) is 0 Å². The van der Waals surface area contributed by atoms with E-state index in [0.717, 1.165) is 18.8 Å². The van der Waals surface area contributed by atoms with Gasteiger partial charge in [-0.25, -0.2) is 4.57 Å². The van der Waals surface area contributed by atoms with Crippen molar-refractivity contribution in [2.24, 2.45) is 7.05 Å². The Morgan fingerprint density at radius 2 is 2.12 bits per heavy atom. The summed E-state index contributed by atoms with van der Waals surface area (Å²) in [5.74, 6) is 0.0901. The van der Waals surface area contributed by atoms with Gasteiger partial charge in [0, 0.05) is 24.8 Å². The summed E-state index contributed by atoms with van der Waals surface area (Å²) in [4.78, 5) is 28.2. The number of rotatable bonds is 6. The first-order valence-electron chi connectivity index (χ1n) is 8.23. The Hall–Kier alpha value is -2.94. The average Bonchev–Trinajstić information content (AvgIpc) is 3.01. The number of anilines is 1. The van der Waals surface area contributed by atoms with Crippen LogP contribution >= 0.6 is 0 Å². The van der Waals surface area contributed by atoms with Crippen LogP contribution in [-0.4, -0.2) is 46.6 Å². The monoisotopic (exact) mass is 360 g/mol. The molecule has 0 unspecified atom stereocenters. The lowest BCUT2D eigenvalue weighted by molar-refractivity contribution is -0.396. The molecule has 0 N–H and O–H groups in total. The number of benzene rings is 1. The molecule has 1 saturated heterocycles. The van der Waals surface area contributed by atoms with Gasteiger partial charge in [0.2, 0.25) is 0 Å². The van der Waals surface area contributed by atoms with Crippen LogP contribution < -0.4 is 9.64 Å². The lowest BCUT2D eigenvalue weighted by atomic mass is 10.1. The van der Waals surface area contributed by atoms with Crippen LogP contribution in [0.2, 0.25) is 0 Å². The topological polar surface area (TPSA) is 99.7 Å². The Bertz CT molecular complexity index is 827. The Balaban J connectivity index is 1.82. The van der Waals surface area contributed by atoms with Crippen molar-refractivity contribution in [3.05, 3.63) is 45.8 Å². The molecule has 0 saturated carbocycles. The van der Waals surface area contributed by atoms with Crippen molar-refractivity contribution in [2.45, 2.75) is 13.5 Å². The zero-order valence-electron chi connectivity index (χ0n) is 14.7. The van der Waals surface area contributed by atoms with Gasteiger partial charge in [-0.15, -0.1) is 0 Å². The van der Waals surface area contributed by atoms with E-state index in [1.807, 2.05) is 12.1 Å². The SMILES string of the molecule is CC(=O)c1ccc(N2CCOCC2)cc1OCc1cnc([N+](=O)[O-])n1C. The van der Waals surface area contributed by atoms with Crippen molar-refractivity contribution in [1.82, 2.24) is 9.55 Å². The molecule has 0 bridgehead atoms. The molecule has 9 nitrogen and oxygen atoms in total. The highest BCUT2D eigenvalue weighted by atomic mass is 16.6. The van der Waals surface area contributed by atoms with Crippen molar-refractivity contribution >= 4 is 17.4 Å². The van der Waals surface area contributed by atoms with Crippen LogP contribution in [0.25, 0.3) is 0 Å². The van der Waals surface area contributed by atoms with Crippen LogP contribution in [0.4, 0.5) is 11.6 Å². The summed E-state index contributed by atoms with van der Waals surface area (Å²) in [6.45, 7) is 4.40. The highest BCUT2D eigenvalue weighted by Crippen LogP contribution is 2.28. The molecule has 1 fully saturated rings. The minimum Gasteiger partial charge on any atom is -0.485 e. The van der Waals surface area contributed by atoms with Crippen molar-refractivity contribution < 1.29 is 19.2 Å². The molecular weight excluding hydrogens is 340 g/mol. The van der Waals surface area contributed by atoms with E-state index in [2.05, 4.69) is 9.88 Å². The molecule has 2 heterocycles. The van der Waals surface area contributed by atoms with Crippen LogP contribution in [-0.2, 0) is 18.4 Å². The lowest BCUT2D eigenvalue weighted by Crippen LogP contribution is -2.36. The summed E-state index contributed by atoms with van der Waals surface area (Å²) in [5, 5.41) is 10.9. The van der Waals surface area contributed by atoms with E-state index in [9.17, 15) is 14.9 Å². The molecule has 1 aromatic carbocycles. The number of ketones is 1. The van der Waals surface area contributed by atoms with Crippen molar-refractivity contribution in [3.8, 4) is 5.75 Å². The van der Waals surface area contributed by atoms with Gasteiger partial charge in [0.25, 0.3) is 0 Å². The van der Waals surface area contributed by atoms with E-state index in [0.29, 0.717) is 30.2 Å². The van der Waals surface area contributed by atoms with Gasteiger partial charge < -0.3 is 24.5 Å². The number of aromatic nitrogens is 2. The molecule has 0 radical (unpaired) electrons. The number of hydrogen-bond donors (Lipinski definition) is 0. The van der Waals surface area contributed by atoms with Gasteiger partial charge in [-0.2, -0.15) is 0 Å². The van der Waals surface area contributed by atoms with E-state index in [1.165, 1.54) is 17.7 Å². The minimum absolute atomic E-state index is 0.0736. The molecule has 138 valence electrons. The highest BCUT2D eigenvalue weighted by Gasteiger charge is 2.19. The number of carbonyl (C=O) groups is 1. The van der Waals surface area contributed by atoms with Gasteiger partial charge in [-0.3, -0.25) is 4.79 Å². The second-order valence-electron chi connectivity index (χ2n) is 5.99. The normalized spacial score (nSPS) is 14.3. The van der Waals surface area contributed by atoms with E-state index in [4.69, 9.17) is 9.47 Å². The third-order valence-electron chi connectivity index (χ3n) is 4.32. The van der Waals surface area contributed by atoms with E-state index < -0.39 is 4.92 Å². The van der Waals surface area contributed by atoms with E-state index in [-0.39, 0.29) is 18.3 Å². The summed E-state index contributed by atoms with van der Waals surface area (Å²) < 4.78 is 12.5. The number of hydrogen-bond acceptors (Lipinski definition) is 7. The minimum atomic E-state index is -0.552. The second-order valence-corrected chi connectivity index (χ2v) is 5.99. The number of Topliss-reactive ketones (excluding diaryl/α,β-unsaturated/α-hetero) is 1. The van der Waals surface area contributed by atoms with Crippen LogP contribution in [0.1, 0.15) is 23.0 Å². The molecule has 1 aliphatic rings. The number of imidazole rings is 1. The molecule has 26 heavy (non-hydrogen) atoms. The number of morpholine rings is 1. The highest BCUT2D eigenvalue weighted by molar-refractivity contribution is 5.97. The maximum atomic E-state index is 11.9. The summed E-state index contributed by atoms with van der Waals surface area (Å²) in [6, 6.07) is 5.46. The third kappa shape index (κ3) is 3.67. The predicted molar refractivity (Wildman–Crippen MR) is 93.7 cm³/mol. The zero-order valence-corrected chi connectivity index (χ0v) is 14.7. The molecule has 9 heteroatoms. The molecule has 3 rings (SSSR count). The molecular formula is C17H20N4O5. The van der Waals surface area contributed by atoms with Gasteiger partial charge in [0.1, 0.15) is 18.6 Å². The van der Waals surface area contributed by atoms with Gasteiger partial charge in [-0.05, 0) is 24.0 Å². The first-order valence-corrected chi connectivity index (χ1v) is 8.23. The maximum Gasteiger partial charge on any atom is 0.434 e. The lowest BCUT2D eigenvalue weighted by Gasteiger charge is -2.29. The fraction of sp³-hybridized carbons (Fsp3) is 0.412. The second kappa shape index (κ2) is 7.52. The standard InChI is InChI=1S/C17H20N4O5/c1-12(22)15-4-3-13(20-5-7-25-8-6-20)9-16(15)26-11-14-10-18-17(19(14)2)21(23)24/h3-4,9-10H,5-8,11H2,1-2H3. The van der Waals surface area contributed by atoms with E-state index >= 15 is 0 Å². The summed E-state index contributed by atoms with van der Waals surface area (Å²) in [7, 11) is 1.56. The number of nitro groups is 1. The quantitative estimate of drug-likeness (QED) is 0.441. The van der Waals surface area contributed by atoms with Gasteiger partial charge in [0.05, 0.1) is 25.8 Å². The van der Waals surface area contributed by atoms with Crippen molar-refractivity contribution in [1.29, 1.82) is 0 Å². The summed E-state index contributed by atoms with van der Waals surface area (Å²) in [5.41, 5.74) is 1.96. The molecule has 0 amide bonds. The number of nitrogens with zero attached hydrogens (tertiary/aromatic N) is 4. The van der Waals surface area contributed by atoms with Crippen LogP contribution in [0, 0.1) is 10.1 Å². The summed E-state index contributed by atoms with van der Waals surface area (Å²) in [6.07, 6.45) is 1.40. The molecule has 0 spiro atoms. The number of ether oxygens (including phenoxy) is 2. The smallest absolute Gasteiger partial charge is 0.434 e. The van der Waals surface area contributed by atoms with Crippen molar-refractivity contribution in [2.75, 3.05) is 31.2 Å². The van der Waals surface area contributed by atoms with Crippen LogP contribution in [0.15, 0.2) is 24.4 Å². The fourth-order valence-electron chi connectivity index (χ4n) is 2.83. The Morgan fingerprint density at radius 3 is 2.73 bits per heavy atom. The first kappa shape index (κ1) is 17.9. The van der Waals surface area contributed by atoms with Gasteiger partial charge >= 0.3 is 5.95 Å². The molecule has 0 atom stereocenters. The van der Waals surface area contributed by atoms with E-state index in [1.54, 1.807) is 13.1 Å². The summed E-state index contributed by atoms with van der Waals surface area (Å²) >= 11 is 0. The first-order chi connectivity index (χ1) is 12.5. The predicted octanol–water partition coefficient (Wildman–Crippen LogP) is 1.95. The Labute approximate surface area is 150 Å². The largest absolute Gasteiger partial charge is 0.485 e. The van der Waals surface area contributed by atoms with Gasteiger partial charge in [-0.1, -0.05) is 4.98 Å².